The molecule has 3 N–H and O–H groups in total. The van der Waals surface area contributed by atoms with E-state index in [0.717, 1.165) is 12.1 Å². The quantitative estimate of drug-likeness (QED) is 0.814. The minimum absolute atomic E-state index is 0. The van der Waals surface area contributed by atoms with Crippen LogP contribution in [0.3, 0.4) is 0 Å². The van der Waals surface area contributed by atoms with Crippen LogP contribution in [0.4, 0.5) is 13.2 Å². The van der Waals surface area contributed by atoms with E-state index in [1.165, 1.54) is 0 Å². The summed E-state index contributed by atoms with van der Waals surface area (Å²) in [6.07, 6.45) is -0.677. The number of hydrogen-bond acceptors (Lipinski definition) is 2. The summed E-state index contributed by atoms with van der Waals surface area (Å²) >= 11 is 0. The summed E-state index contributed by atoms with van der Waals surface area (Å²) in [6.45, 7) is 1.66. The summed E-state index contributed by atoms with van der Waals surface area (Å²) in [5.74, 6) is -4.17. The molecule has 0 unspecified atom stereocenters. The first-order chi connectivity index (χ1) is 6.99. The number of halogens is 4. The number of aliphatic hydroxyl groups is 1. The second kappa shape index (κ2) is 6.08. The van der Waals surface area contributed by atoms with Crippen LogP contribution in [-0.2, 0) is 0 Å². The molecule has 0 aromatic heterocycles. The van der Waals surface area contributed by atoms with Gasteiger partial charge in [-0.1, -0.05) is 13.0 Å². The van der Waals surface area contributed by atoms with Crippen molar-refractivity contribution in [2.45, 2.75) is 25.5 Å². The predicted molar refractivity (Wildman–Crippen MR) is 56.8 cm³/mol. The first-order valence-corrected chi connectivity index (χ1v) is 4.56. The van der Waals surface area contributed by atoms with Crippen molar-refractivity contribution in [1.82, 2.24) is 0 Å². The first-order valence-electron chi connectivity index (χ1n) is 4.56. The van der Waals surface area contributed by atoms with Gasteiger partial charge in [-0.2, -0.15) is 0 Å². The van der Waals surface area contributed by atoms with Crippen LogP contribution >= 0.6 is 12.4 Å². The van der Waals surface area contributed by atoms with Crippen LogP contribution in [0.5, 0.6) is 0 Å². The van der Waals surface area contributed by atoms with E-state index >= 15 is 0 Å². The highest BCUT2D eigenvalue weighted by Crippen LogP contribution is 2.23. The Kier molecular flexibility index (Phi) is 5.78. The number of rotatable bonds is 3. The molecule has 1 aromatic carbocycles. The lowest BCUT2D eigenvalue weighted by atomic mass is 10.00. The smallest absolute Gasteiger partial charge is 0.194 e. The van der Waals surface area contributed by atoms with Gasteiger partial charge in [0.15, 0.2) is 17.5 Å². The van der Waals surface area contributed by atoms with Gasteiger partial charge in [-0.15, -0.1) is 12.4 Å². The maximum absolute atomic E-state index is 13.2. The maximum Gasteiger partial charge on any atom is 0.194 e. The average molecular weight is 256 g/mol. The van der Waals surface area contributed by atoms with Crippen molar-refractivity contribution in [3.63, 3.8) is 0 Å². The van der Waals surface area contributed by atoms with E-state index in [2.05, 4.69) is 0 Å². The van der Waals surface area contributed by atoms with Crippen molar-refractivity contribution >= 4 is 12.4 Å². The molecular formula is C10H13ClF3NO. The van der Waals surface area contributed by atoms with Crippen LogP contribution in [0.2, 0.25) is 0 Å². The van der Waals surface area contributed by atoms with E-state index < -0.39 is 29.6 Å². The third-order valence-corrected chi connectivity index (χ3v) is 2.26. The minimum Gasteiger partial charge on any atom is -0.391 e. The summed E-state index contributed by atoms with van der Waals surface area (Å²) in [6, 6.07) is 0.776. The third kappa shape index (κ3) is 2.87. The molecule has 0 radical (unpaired) electrons. The van der Waals surface area contributed by atoms with Gasteiger partial charge in [-0.3, -0.25) is 0 Å². The fourth-order valence-electron chi connectivity index (χ4n) is 1.26. The molecule has 0 aliphatic carbocycles. The van der Waals surface area contributed by atoms with Gasteiger partial charge in [0.1, 0.15) is 0 Å². The normalized spacial score (nSPS) is 14.1. The Morgan fingerprint density at radius 1 is 1.25 bits per heavy atom. The van der Waals surface area contributed by atoms with Gasteiger partial charge in [0.25, 0.3) is 0 Å². The lowest BCUT2D eigenvalue weighted by molar-refractivity contribution is 0.138. The van der Waals surface area contributed by atoms with Crippen LogP contribution in [0.1, 0.15) is 24.9 Å². The second-order valence-corrected chi connectivity index (χ2v) is 3.27. The van der Waals surface area contributed by atoms with E-state index in [4.69, 9.17) is 5.73 Å². The molecule has 0 aliphatic rings. The van der Waals surface area contributed by atoms with Crippen molar-refractivity contribution in [3.05, 3.63) is 35.1 Å². The number of benzene rings is 1. The van der Waals surface area contributed by atoms with Crippen LogP contribution < -0.4 is 5.73 Å². The molecule has 2 nitrogen and oxygen atoms in total. The SMILES string of the molecule is CC[C@@H](O)[C@@H](N)c1ccc(F)c(F)c1F.Cl. The van der Waals surface area contributed by atoms with E-state index in [9.17, 15) is 18.3 Å². The summed E-state index contributed by atoms with van der Waals surface area (Å²) in [5.41, 5.74) is 5.27. The van der Waals surface area contributed by atoms with Gasteiger partial charge < -0.3 is 10.8 Å². The summed E-state index contributed by atoms with van der Waals surface area (Å²) in [7, 11) is 0. The number of aliphatic hydroxyl groups excluding tert-OH is 1. The highest BCUT2D eigenvalue weighted by molar-refractivity contribution is 5.85. The molecule has 1 aromatic rings. The predicted octanol–water partition coefficient (Wildman–Crippen LogP) is 2.30. The van der Waals surface area contributed by atoms with E-state index in [1.54, 1.807) is 6.92 Å². The molecule has 0 saturated carbocycles. The van der Waals surface area contributed by atoms with Crippen molar-refractivity contribution in [3.8, 4) is 0 Å². The molecule has 0 fully saturated rings. The van der Waals surface area contributed by atoms with Gasteiger partial charge in [0, 0.05) is 5.56 Å². The summed E-state index contributed by atoms with van der Waals surface area (Å²) in [5, 5.41) is 9.36. The summed E-state index contributed by atoms with van der Waals surface area (Å²) in [4.78, 5) is 0. The van der Waals surface area contributed by atoms with Gasteiger partial charge in [0.2, 0.25) is 0 Å². The number of hydrogen-bond donors (Lipinski definition) is 2. The Bertz CT molecular complexity index is 362. The van der Waals surface area contributed by atoms with Crippen LogP contribution in [0.15, 0.2) is 12.1 Å². The van der Waals surface area contributed by atoms with E-state index in [-0.39, 0.29) is 18.0 Å². The second-order valence-electron chi connectivity index (χ2n) is 3.27. The Hall–Kier alpha value is -0.780. The Morgan fingerprint density at radius 2 is 1.81 bits per heavy atom. The molecule has 0 spiro atoms. The highest BCUT2D eigenvalue weighted by atomic mass is 35.5. The molecule has 0 bridgehead atoms. The van der Waals surface area contributed by atoms with Crippen molar-refractivity contribution in [2.24, 2.45) is 5.73 Å². The fraction of sp³-hybridized carbons (Fsp3) is 0.400. The van der Waals surface area contributed by atoms with Crippen molar-refractivity contribution < 1.29 is 18.3 Å². The molecule has 92 valence electrons. The van der Waals surface area contributed by atoms with Gasteiger partial charge in [-0.05, 0) is 12.5 Å². The van der Waals surface area contributed by atoms with Crippen molar-refractivity contribution in [1.29, 1.82) is 0 Å². The molecule has 0 heterocycles. The third-order valence-electron chi connectivity index (χ3n) is 2.26. The minimum atomic E-state index is -1.56. The number of nitrogens with two attached hydrogens (primary N) is 1. The lowest BCUT2D eigenvalue weighted by Crippen LogP contribution is -2.26. The first kappa shape index (κ1) is 15.2. The van der Waals surface area contributed by atoms with E-state index in [1.807, 2.05) is 0 Å². The molecule has 0 amide bonds. The van der Waals surface area contributed by atoms with Gasteiger partial charge in [-0.25, -0.2) is 13.2 Å². The largest absolute Gasteiger partial charge is 0.391 e. The molecule has 16 heavy (non-hydrogen) atoms. The topological polar surface area (TPSA) is 46.2 Å². The molecule has 6 heteroatoms. The monoisotopic (exact) mass is 255 g/mol. The summed E-state index contributed by atoms with van der Waals surface area (Å²) < 4.78 is 38.6. The molecule has 2 atom stereocenters. The van der Waals surface area contributed by atoms with E-state index in [0.29, 0.717) is 6.42 Å². The molecular weight excluding hydrogens is 243 g/mol. The standard InChI is InChI=1S/C10H12F3NO.ClH/c1-2-7(15)10(14)5-3-4-6(11)9(13)8(5)12;/h3-4,7,10,15H,2,14H2,1H3;1H/t7-,10+;/m1./s1. The molecule has 0 saturated heterocycles. The highest BCUT2D eigenvalue weighted by Gasteiger charge is 2.22. The zero-order chi connectivity index (χ0) is 11.6. The van der Waals surface area contributed by atoms with Crippen LogP contribution in [0, 0.1) is 17.5 Å². The Labute approximate surface area is 97.7 Å². The maximum atomic E-state index is 13.2. The van der Waals surface area contributed by atoms with Gasteiger partial charge >= 0.3 is 0 Å². The zero-order valence-electron chi connectivity index (χ0n) is 8.58. The lowest BCUT2D eigenvalue weighted by Gasteiger charge is -2.18. The zero-order valence-corrected chi connectivity index (χ0v) is 9.40. The Balaban J connectivity index is 0.00000225. The fourth-order valence-corrected chi connectivity index (χ4v) is 1.26. The van der Waals surface area contributed by atoms with Crippen LogP contribution in [0.25, 0.3) is 0 Å². The Morgan fingerprint density at radius 3 is 2.31 bits per heavy atom. The van der Waals surface area contributed by atoms with Crippen LogP contribution in [-0.4, -0.2) is 11.2 Å². The average Bonchev–Trinajstić information content (AvgIpc) is 2.24. The van der Waals surface area contributed by atoms with Gasteiger partial charge in [0.05, 0.1) is 12.1 Å². The molecule has 1 rings (SSSR count). The molecule has 0 aliphatic heterocycles. The van der Waals surface area contributed by atoms with Crippen molar-refractivity contribution in [2.75, 3.05) is 0 Å².